The summed E-state index contributed by atoms with van der Waals surface area (Å²) in [4.78, 5) is 1.40. The number of hydrogen-bond acceptors (Lipinski definition) is 2. The molecule has 0 saturated heterocycles. The third-order valence-corrected chi connectivity index (χ3v) is 4.82. The second-order valence-electron chi connectivity index (χ2n) is 4.50. The Morgan fingerprint density at radius 2 is 2.11 bits per heavy atom. The van der Waals surface area contributed by atoms with Gasteiger partial charge in [-0.05, 0) is 65.1 Å². The molecule has 0 amide bonds. The van der Waals surface area contributed by atoms with Crippen molar-refractivity contribution in [3.8, 4) is 0 Å². The molecule has 0 saturated carbocycles. The summed E-state index contributed by atoms with van der Waals surface area (Å²) in [7, 11) is 0. The van der Waals surface area contributed by atoms with Gasteiger partial charge in [0.25, 0.3) is 0 Å². The Bertz CT molecular complexity index is 526. The summed E-state index contributed by atoms with van der Waals surface area (Å²) in [6.07, 6.45) is 2.06. The van der Waals surface area contributed by atoms with Gasteiger partial charge in [0.2, 0.25) is 0 Å². The predicted molar refractivity (Wildman–Crippen MR) is 88.3 cm³/mol. The number of nitrogens with one attached hydrogen (secondary N) is 1. The maximum Gasteiger partial charge on any atom is 0.0701 e. The van der Waals surface area contributed by atoms with Crippen molar-refractivity contribution in [3.05, 3.63) is 55.6 Å². The highest BCUT2D eigenvalue weighted by Gasteiger charge is 2.11. The van der Waals surface area contributed by atoms with Crippen LogP contribution in [0.2, 0.25) is 5.02 Å². The molecule has 0 fully saturated rings. The fourth-order valence-corrected chi connectivity index (χ4v) is 3.93. The highest BCUT2D eigenvalue weighted by Crippen LogP contribution is 2.24. The molecule has 1 heterocycles. The van der Waals surface area contributed by atoms with Crippen molar-refractivity contribution in [2.24, 2.45) is 0 Å². The minimum absolute atomic E-state index is 0.453. The van der Waals surface area contributed by atoms with Gasteiger partial charge in [0, 0.05) is 15.9 Å². The topological polar surface area (TPSA) is 12.0 Å². The van der Waals surface area contributed by atoms with E-state index in [4.69, 9.17) is 11.6 Å². The highest BCUT2D eigenvalue weighted by atomic mass is 79.9. The fourth-order valence-electron chi connectivity index (χ4n) is 2.16. The lowest BCUT2D eigenvalue weighted by molar-refractivity contribution is 0.524. The van der Waals surface area contributed by atoms with Gasteiger partial charge in [0.05, 0.1) is 3.79 Å². The van der Waals surface area contributed by atoms with Crippen molar-refractivity contribution in [1.82, 2.24) is 5.32 Å². The number of thiophene rings is 1. The molecular weight excluding hydrogens is 342 g/mol. The fraction of sp³-hybridized carbons (Fsp3) is 0.333. The number of rotatable bonds is 6. The first-order valence-corrected chi connectivity index (χ1v) is 8.38. The first-order chi connectivity index (χ1) is 9.17. The summed E-state index contributed by atoms with van der Waals surface area (Å²) in [5.74, 6) is 0. The van der Waals surface area contributed by atoms with E-state index in [0.29, 0.717) is 6.04 Å². The van der Waals surface area contributed by atoms with E-state index in [2.05, 4.69) is 52.4 Å². The van der Waals surface area contributed by atoms with Crippen LogP contribution in [0, 0.1) is 0 Å². The summed E-state index contributed by atoms with van der Waals surface area (Å²) < 4.78 is 1.19. The van der Waals surface area contributed by atoms with E-state index in [1.54, 1.807) is 11.3 Å². The Morgan fingerprint density at radius 1 is 1.26 bits per heavy atom. The number of likely N-dealkylation sites (N-methyl/N-ethyl adjacent to an activating group) is 1. The van der Waals surface area contributed by atoms with Crippen molar-refractivity contribution in [1.29, 1.82) is 0 Å². The molecule has 1 aromatic carbocycles. The molecule has 0 aliphatic heterocycles. The van der Waals surface area contributed by atoms with Crippen LogP contribution in [0.1, 0.15) is 17.4 Å². The SMILES string of the molecule is CCNC(Cc1cccc(Cl)c1)Cc1ccc(Br)s1. The van der Waals surface area contributed by atoms with E-state index >= 15 is 0 Å². The second kappa shape index (κ2) is 7.44. The van der Waals surface area contributed by atoms with E-state index < -0.39 is 0 Å². The van der Waals surface area contributed by atoms with Gasteiger partial charge in [-0.1, -0.05) is 30.7 Å². The van der Waals surface area contributed by atoms with E-state index in [1.807, 2.05) is 12.1 Å². The second-order valence-corrected chi connectivity index (χ2v) is 7.48. The molecule has 1 unspecified atom stereocenters. The Hall–Kier alpha value is -0.350. The average Bonchev–Trinajstić information content (AvgIpc) is 2.75. The van der Waals surface area contributed by atoms with Gasteiger partial charge in [-0.15, -0.1) is 11.3 Å². The lowest BCUT2D eigenvalue weighted by atomic mass is 10.0. The van der Waals surface area contributed by atoms with Gasteiger partial charge >= 0.3 is 0 Å². The van der Waals surface area contributed by atoms with Crippen molar-refractivity contribution >= 4 is 38.9 Å². The van der Waals surface area contributed by atoms with E-state index in [-0.39, 0.29) is 0 Å². The van der Waals surface area contributed by atoms with Crippen LogP contribution in [0.4, 0.5) is 0 Å². The molecular formula is C15H17BrClNS. The van der Waals surface area contributed by atoms with E-state index in [1.165, 1.54) is 14.2 Å². The third-order valence-electron chi connectivity index (χ3n) is 2.94. The van der Waals surface area contributed by atoms with Crippen molar-refractivity contribution < 1.29 is 0 Å². The molecule has 0 aliphatic carbocycles. The average molecular weight is 359 g/mol. The van der Waals surface area contributed by atoms with Crippen LogP contribution in [0.3, 0.4) is 0 Å². The zero-order valence-electron chi connectivity index (χ0n) is 10.8. The lowest BCUT2D eigenvalue weighted by Gasteiger charge is -2.17. The summed E-state index contributed by atoms with van der Waals surface area (Å²) in [6, 6.07) is 12.9. The van der Waals surface area contributed by atoms with Crippen LogP contribution in [0.5, 0.6) is 0 Å². The van der Waals surface area contributed by atoms with Crippen LogP contribution >= 0.6 is 38.9 Å². The smallest absolute Gasteiger partial charge is 0.0701 e. The summed E-state index contributed by atoms with van der Waals surface area (Å²) >= 11 is 11.4. The maximum atomic E-state index is 6.04. The highest BCUT2D eigenvalue weighted by molar-refractivity contribution is 9.11. The standard InChI is InChI=1S/C15H17BrClNS/c1-2-18-13(10-14-6-7-15(16)19-14)9-11-4-3-5-12(17)8-11/h3-8,13,18H,2,9-10H2,1H3. The number of hydrogen-bond donors (Lipinski definition) is 1. The molecule has 1 atom stereocenters. The van der Waals surface area contributed by atoms with Crippen LogP contribution in [0.25, 0.3) is 0 Å². The number of benzene rings is 1. The molecule has 0 bridgehead atoms. The van der Waals surface area contributed by atoms with Gasteiger partial charge < -0.3 is 5.32 Å². The number of halogens is 2. The molecule has 2 aromatic rings. The Balaban J connectivity index is 2.03. The maximum absolute atomic E-state index is 6.04. The molecule has 1 aromatic heterocycles. The van der Waals surface area contributed by atoms with Crippen molar-refractivity contribution in [2.45, 2.75) is 25.8 Å². The van der Waals surface area contributed by atoms with E-state index in [9.17, 15) is 0 Å². The van der Waals surface area contributed by atoms with Gasteiger partial charge in [-0.3, -0.25) is 0 Å². The molecule has 0 aliphatic rings. The van der Waals surface area contributed by atoms with Crippen LogP contribution in [-0.2, 0) is 12.8 Å². The summed E-state index contributed by atoms with van der Waals surface area (Å²) in [5, 5.41) is 4.37. The molecule has 1 nitrogen and oxygen atoms in total. The zero-order valence-corrected chi connectivity index (χ0v) is 14.0. The molecule has 0 radical (unpaired) electrons. The van der Waals surface area contributed by atoms with Gasteiger partial charge in [0.15, 0.2) is 0 Å². The van der Waals surface area contributed by atoms with Gasteiger partial charge in [0.1, 0.15) is 0 Å². The molecule has 1 N–H and O–H groups in total. The van der Waals surface area contributed by atoms with Crippen molar-refractivity contribution in [2.75, 3.05) is 6.54 Å². The molecule has 0 spiro atoms. The monoisotopic (exact) mass is 357 g/mol. The Labute approximate surface area is 132 Å². The summed E-state index contributed by atoms with van der Waals surface area (Å²) in [6.45, 7) is 3.13. The van der Waals surface area contributed by atoms with E-state index in [0.717, 1.165) is 24.4 Å². The molecule has 19 heavy (non-hydrogen) atoms. The lowest BCUT2D eigenvalue weighted by Crippen LogP contribution is -2.32. The predicted octanol–water partition coefficient (Wildman–Crippen LogP) is 4.93. The van der Waals surface area contributed by atoms with Gasteiger partial charge in [-0.2, -0.15) is 0 Å². The molecule has 2 rings (SSSR count). The minimum Gasteiger partial charge on any atom is -0.314 e. The Kier molecular flexibility index (Phi) is 5.89. The third kappa shape index (κ3) is 4.92. The van der Waals surface area contributed by atoms with Crippen molar-refractivity contribution in [3.63, 3.8) is 0 Å². The quantitative estimate of drug-likeness (QED) is 0.772. The Morgan fingerprint density at radius 3 is 2.74 bits per heavy atom. The molecule has 4 heteroatoms. The zero-order chi connectivity index (χ0) is 13.7. The van der Waals surface area contributed by atoms with Crippen LogP contribution in [0.15, 0.2) is 40.2 Å². The van der Waals surface area contributed by atoms with Crippen LogP contribution < -0.4 is 5.32 Å². The van der Waals surface area contributed by atoms with Crippen LogP contribution in [-0.4, -0.2) is 12.6 Å². The van der Waals surface area contributed by atoms with Gasteiger partial charge in [-0.25, -0.2) is 0 Å². The largest absolute Gasteiger partial charge is 0.314 e. The first kappa shape index (κ1) is 15.0. The summed E-state index contributed by atoms with van der Waals surface area (Å²) in [5.41, 5.74) is 1.29. The normalized spacial score (nSPS) is 12.6. The minimum atomic E-state index is 0.453. The molecule has 102 valence electrons. The first-order valence-electron chi connectivity index (χ1n) is 6.39.